The van der Waals surface area contributed by atoms with Crippen molar-refractivity contribution in [2.24, 2.45) is 0 Å². The van der Waals surface area contributed by atoms with Crippen molar-refractivity contribution >= 4 is 5.91 Å². The summed E-state index contributed by atoms with van der Waals surface area (Å²) in [7, 11) is 0. The molecular weight excluding hydrogens is 891 g/mol. The summed E-state index contributed by atoms with van der Waals surface area (Å²) in [4.78, 5) is 12.5. The number of hydrogen-bond acceptors (Lipinski definition) is 3. The highest BCUT2D eigenvalue weighted by atomic mass is 16.3. The lowest BCUT2D eigenvalue weighted by atomic mass is 10.0. The molecule has 2 unspecified atom stereocenters. The zero-order chi connectivity index (χ0) is 52.7. The number of nitrogens with one attached hydrogen (secondary N) is 1. The first kappa shape index (κ1) is 71.9. The molecule has 4 nitrogen and oxygen atoms in total. The third kappa shape index (κ3) is 61.6. The van der Waals surface area contributed by atoms with E-state index in [0.29, 0.717) is 6.42 Å². The molecule has 0 aromatic carbocycles. The van der Waals surface area contributed by atoms with Gasteiger partial charge in [-0.25, -0.2) is 0 Å². The number of aliphatic hydroxyl groups excluding tert-OH is 2. The molecule has 0 bridgehead atoms. The van der Waals surface area contributed by atoms with Crippen molar-refractivity contribution in [3.8, 4) is 0 Å². The van der Waals surface area contributed by atoms with Gasteiger partial charge in [-0.1, -0.05) is 366 Å². The van der Waals surface area contributed by atoms with Crippen molar-refractivity contribution < 1.29 is 15.0 Å². The molecular formula is C69H135NO3. The molecule has 2 atom stereocenters. The Morgan fingerprint density at radius 2 is 0.521 bits per heavy atom. The van der Waals surface area contributed by atoms with Crippen LogP contribution in [0.1, 0.15) is 393 Å². The zero-order valence-electron chi connectivity index (χ0n) is 50.2. The third-order valence-corrected chi connectivity index (χ3v) is 16.2. The molecule has 0 aliphatic rings. The minimum absolute atomic E-state index is 0.0549. The number of carbonyl (C=O) groups excluding carboxylic acids is 1. The van der Waals surface area contributed by atoms with Crippen LogP contribution in [0.4, 0.5) is 0 Å². The first-order chi connectivity index (χ1) is 36.2. The van der Waals surface area contributed by atoms with Gasteiger partial charge in [0.1, 0.15) is 0 Å². The summed E-state index contributed by atoms with van der Waals surface area (Å²) < 4.78 is 0. The summed E-state index contributed by atoms with van der Waals surface area (Å²) in [5, 5.41) is 23.3. The van der Waals surface area contributed by atoms with Crippen molar-refractivity contribution in [3.63, 3.8) is 0 Å². The van der Waals surface area contributed by atoms with Gasteiger partial charge in [0.2, 0.25) is 5.91 Å². The molecule has 434 valence electrons. The van der Waals surface area contributed by atoms with E-state index in [-0.39, 0.29) is 12.5 Å². The maximum atomic E-state index is 12.5. The van der Waals surface area contributed by atoms with Crippen LogP contribution >= 0.6 is 0 Å². The van der Waals surface area contributed by atoms with Crippen LogP contribution in [0.25, 0.3) is 0 Å². The molecule has 0 fully saturated rings. The Labute approximate surface area is 459 Å². The largest absolute Gasteiger partial charge is 0.394 e. The van der Waals surface area contributed by atoms with Crippen molar-refractivity contribution in [1.29, 1.82) is 0 Å². The Balaban J connectivity index is 3.41. The SMILES string of the molecule is CCCCCCCCCC/C=C\CCCCCCCCCCCCCCCCCCCCCC(=O)NC(CO)C(O)/C=C/CCCCCCCCCCCCCCCCCCCCCCCCCCCCCC. The van der Waals surface area contributed by atoms with E-state index in [2.05, 4.69) is 31.3 Å². The van der Waals surface area contributed by atoms with Crippen LogP contribution in [0.2, 0.25) is 0 Å². The third-order valence-electron chi connectivity index (χ3n) is 16.2. The van der Waals surface area contributed by atoms with E-state index in [9.17, 15) is 15.0 Å². The number of unbranched alkanes of at least 4 members (excludes halogenated alkanes) is 55. The summed E-state index contributed by atoms with van der Waals surface area (Å²) in [6.45, 7) is 4.36. The van der Waals surface area contributed by atoms with Gasteiger partial charge < -0.3 is 15.5 Å². The lowest BCUT2D eigenvalue weighted by Gasteiger charge is -2.20. The Hall–Kier alpha value is -1.13. The van der Waals surface area contributed by atoms with Gasteiger partial charge in [-0.3, -0.25) is 4.79 Å². The predicted molar refractivity (Wildman–Crippen MR) is 327 cm³/mol. The van der Waals surface area contributed by atoms with Crippen LogP contribution in [0, 0.1) is 0 Å². The predicted octanol–water partition coefficient (Wildman–Crippen LogP) is 23.0. The minimum atomic E-state index is -0.838. The van der Waals surface area contributed by atoms with Gasteiger partial charge in [-0.05, 0) is 44.9 Å². The normalized spacial score (nSPS) is 12.8. The standard InChI is InChI=1S/C69H135NO3/c1-3-5-7-9-11-13-15-17-19-21-23-25-27-29-31-33-35-37-39-41-43-45-47-49-51-53-55-57-59-61-63-65-69(73)70-67(66-71)68(72)64-62-60-58-56-54-52-50-48-46-44-42-40-38-36-34-32-30-28-26-24-22-20-18-16-14-12-10-8-6-4-2/h21,23,62,64,67-68,71-72H,3-20,22,24-61,63,65-66H2,1-2H3,(H,70,73)/b23-21-,64-62+. The van der Waals surface area contributed by atoms with E-state index in [1.165, 1.54) is 347 Å². The first-order valence-electron chi connectivity index (χ1n) is 34.1. The van der Waals surface area contributed by atoms with E-state index >= 15 is 0 Å². The maximum absolute atomic E-state index is 12.5. The second-order valence-electron chi connectivity index (χ2n) is 23.6. The average molecular weight is 1030 g/mol. The van der Waals surface area contributed by atoms with E-state index in [1.54, 1.807) is 6.08 Å². The van der Waals surface area contributed by atoms with Crippen LogP contribution in [0.15, 0.2) is 24.3 Å². The fraction of sp³-hybridized carbons (Fsp3) is 0.928. The fourth-order valence-corrected chi connectivity index (χ4v) is 11.0. The summed E-state index contributed by atoms with van der Waals surface area (Å²) in [6, 6.07) is -0.621. The lowest BCUT2D eigenvalue weighted by molar-refractivity contribution is -0.123. The van der Waals surface area contributed by atoms with Crippen LogP contribution < -0.4 is 5.32 Å². The van der Waals surface area contributed by atoms with Gasteiger partial charge in [0, 0.05) is 6.42 Å². The highest BCUT2D eigenvalue weighted by Gasteiger charge is 2.18. The number of carbonyl (C=O) groups is 1. The minimum Gasteiger partial charge on any atom is -0.394 e. The van der Waals surface area contributed by atoms with Crippen LogP contribution in [-0.2, 0) is 4.79 Å². The van der Waals surface area contributed by atoms with Gasteiger partial charge in [0.15, 0.2) is 0 Å². The molecule has 73 heavy (non-hydrogen) atoms. The molecule has 0 saturated carbocycles. The first-order valence-corrected chi connectivity index (χ1v) is 34.1. The van der Waals surface area contributed by atoms with Crippen LogP contribution in [-0.4, -0.2) is 34.9 Å². The van der Waals surface area contributed by atoms with Crippen molar-refractivity contribution in [2.45, 2.75) is 405 Å². The molecule has 0 aliphatic heterocycles. The highest BCUT2D eigenvalue weighted by molar-refractivity contribution is 5.76. The van der Waals surface area contributed by atoms with Gasteiger partial charge in [-0.2, -0.15) is 0 Å². The molecule has 0 spiro atoms. The molecule has 0 aliphatic carbocycles. The quantitative estimate of drug-likeness (QED) is 0.0420. The lowest BCUT2D eigenvalue weighted by Crippen LogP contribution is -2.45. The molecule has 0 aromatic rings. The monoisotopic (exact) mass is 1030 g/mol. The number of hydrogen-bond donors (Lipinski definition) is 3. The molecule has 0 heterocycles. The molecule has 3 N–H and O–H groups in total. The smallest absolute Gasteiger partial charge is 0.220 e. The summed E-state index contributed by atoms with van der Waals surface area (Å²) in [5.41, 5.74) is 0. The Morgan fingerprint density at radius 1 is 0.315 bits per heavy atom. The maximum Gasteiger partial charge on any atom is 0.220 e. The van der Waals surface area contributed by atoms with Crippen LogP contribution in [0.5, 0.6) is 0 Å². The molecule has 0 aromatic heterocycles. The number of amides is 1. The van der Waals surface area contributed by atoms with E-state index in [0.717, 1.165) is 25.7 Å². The van der Waals surface area contributed by atoms with E-state index in [1.807, 2.05) is 6.08 Å². The number of rotatable bonds is 64. The summed E-state index contributed by atoms with van der Waals surface area (Å²) in [5.74, 6) is -0.0549. The zero-order valence-corrected chi connectivity index (χ0v) is 50.2. The topological polar surface area (TPSA) is 69.6 Å². The molecule has 0 rings (SSSR count). The summed E-state index contributed by atoms with van der Waals surface area (Å²) >= 11 is 0. The second-order valence-corrected chi connectivity index (χ2v) is 23.6. The van der Waals surface area contributed by atoms with E-state index in [4.69, 9.17) is 0 Å². The molecule has 0 radical (unpaired) electrons. The van der Waals surface area contributed by atoms with Crippen LogP contribution in [0.3, 0.4) is 0 Å². The molecule has 4 heteroatoms. The molecule has 1 amide bonds. The van der Waals surface area contributed by atoms with Gasteiger partial charge >= 0.3 is 0 Å². The Bertz CT molecular complexity index is 1070. The second kappa shape index (κ2) is 65.2. The van der Waals surface area contributed by atoms with Gasteiger partial charge in [0.05, 0.1) is 18.8 Å². The van der Waals surface area contributed by atoms with Crippen molar-refractivity contribution in [1.82, 2.24) is 5.32 Å². The van der Waals surface area contributed by atoms with Crippen molar-refractivity contribution in [3.05, 3.63) is 24.3 Å². The number of allylic oxidation sites excluding steroid dienone is 3. The highest BCUT2D eigenvalue weighted by Crippen LogP contribution is 2.19. The fourth-order valence-electron chi connectivity index (χ4n) is 11.0. The van der Waals surface area contributed by atoms with Crippen molar-refractivity contribution in [2.75, 3.05) is 6.61 Å². The Kier molecular flexibility index (Phi) is 64.1. The number of aliphatic hydroxyl groups is 2. The average Bonchev–Trinajstić information content (AvgIpc) is 3.40. The van der Waals surface area contributed by atoms with Gasteiger partial charge in [0.25, 0.3) is 0 Å². The summed E-state index contributed by atoms with van der Waals surface area (Å²) in [6.07, 6.45) is 88.3. The Morgan fingerprint density at radius 3 is 0.753 bits per heavy atom. The van der Waals surface area contributed by atoms with E-state index < -0.39 is 12.1 Å². The molecule has 0 saturated heterocycles. The van der Waals surface area contributed by atoms with Gasteiger partial charge in [-0.15, -0.1) is 0 Å².